The van der Waals surface area contributed by atoms with Crippen molar-refractivity contribution in [2.24, 2.45) is 7.05 Å². The van der Waals surface area contributed by atoms with Gasteiger partial charge >= 0.3 is 0 Å². The van der Waals surface area contributed by atoms with E-state index in [9.17, 15) is 14.9 Å². The molecule has 0 aliphatic heterocycles. The van der Waals surface area contributed by atoms with E-state index >= 15 is 0 Å². The van der Waals surface area contributed by atoms with E-state index in [-0.39, 0.29) is 11.6 Å². The van der Waals surface area contributed by atoms with Crippen LogP contribution in [0.2, 0.25) is 0 Å². The highest BCUT2D eigenvalue weighted by Gasteiger charge is 2.15. The lowest BCUT2D eigenvalue weighted by Crippen LogP contribution is -2.13. The number of carbonyl (C=O) groups excluding carboxylic acids is 1. The maximum absolute atomic E-state index is 12.1. The highest BCUT2D eigenvalue weighted by atomic mass is 16.6. The maximum atomic E-state index is 12.1. The summed E-state index contributed by atoms with van der Waals surface area (Å²) < 4.78 is 1.61. The third-order valence-electron chi connectivity index (χ3n) is 3.15. The molecule has 1 aromatic heterocycles. The molecule has 7 nitrogen and oxygen atoms in total. The van der Waals surface area contributed by atoms with Crippen LogP contribution >= 0.6 is 0 Å². The topological polar surface area (TPSA) is 90.1 Å². The van der Waals surface area contributed by atoms with E-state index in [2.05, 4.69) is 10.4 Å². The highest BCUT2D eigenvalue weighted by Crippen LogP contribution is 2.22. The quantitative estimate of drug-likeness (QED) is 0.686. The number of hydrogen-bond donors (Lipinski definition) is 1. The zero-order valence-electron chi connectivity index (χ0n) is 11.4. The van der Waals surface area contributed by atoms with Gasteiger partial charge in [-0.1, -0.05) is 0 Å². The van der Waals surface area contributed by atoms with Crippen molar-refractivity contribution in [2.45, 2.75) is 13.8 Å². The first kappa shape index (κ1) is 13.7. The molecule has 1 heterocycles. The number of rotatable bonds is 3. The predicted molar refractivity (Wildman–Crippen MR) is 73.7 cm³/mol. The second kappa shape index (κ2) is 5.12. The summed E-state index contributed by atoms with van der Waals surface area (Å²) in [4.78, 5) is 22.3. The lowest BCUT2D eigenvalue weighted by Gasteiger charge is -2.07. The van der Waals surface area contributed by atoms with Gasteiger partial charge in [-0.15, -0.1) is 0 Å². The average molecular weight is 274 g/mol. The Morgan fingerprint density at radius 2 is 2.10 bits per heavy atom. The van der Waals surface area contributed by atoms with Crippen LogP contribution in [-0.2, 0) is 7.05 Å². The van der Waals surface area contributed by atoms with Gasteiger partial charge in [-0.2, -0.15) is 5.10 Å². The van der Waals surface area contributed by atoms with Gasteiger partial charge in [0.25, 0.3) is 11.6 Å². The number of amides is 1. The van der Waals surface area contributed by atoms with E-state index in [4.69, 9.17) is 0 Å². The fourth-order valence-electron chi connectivity index (χ4n) is 1.81. The van der Waals surface area contributed by atoms with Crippen molar-refractivity contribution < 1.29 is 9.72 Å². The molecule has 1 amide bonds. The van der Waals surface area contributed by atoms with E-state index in [1.165, 1.54) is 24.4 Å². The van der Waals surface area contributed by atoms with Crippen molar-refractivity contribution in [3.8, 4) is 0 Å². The second-order valence-corrected chi connectivity index (χ2v) is 4.48. The van der Waals surface area contributed by atoms with Crippen molar-refractivity contribution in [1.29, 1.82) is 0 Å². The molecule has 2 aromatic rings. The minimum absolute atomic E-state index is 0.00180. The van der Waals surface area contributed by atoms with Crippen molar-refractivity contribution in [3.63, 3.8) is 0 Å². The van der Waals surface area contributed by atoms with E-state index in [1.807, 2.05) is 0 Å². The van der Waals surface area contributed by atoms with E-state index in [0.29, 0.717) is 16.8 Å². The molecular weight excluding hydrogens is 260 g/mol. The number of aryl methyl sites for hydroxylation is 2. The van der Waals surface area contributed by atoms with E-state index < -0.39 is 4.92 Å². The summed E-state index contributed by atoms with van der Waals surface area (Å²) in [6.07, 6.45) is 1.49. The highest BCUT2D eigenvalue weighted by molar-refractivity contribution is 6.05. The van der Waals surface area contributed by atoms with Crippen molar-refractivity contribution in [3.05, 3.63) is 51.3 Å². The van der Waals surface area contributed by atoms with Gasteiger partial charge in [0.1, 0.15) is 0 Å². The number of nitrogens with one attached hydrogen (secondary N) is 1. The van der Waals surface area contributed by atoms with Gasteiger partial charge < -0.3 is 5.32 Å². The van der Waals surface area contributed by atoms with Gasteiger partial charge in [0.05, 0.1) is 16.7 Å². The largest absolute Gasteiger partial charge is 0.322 e. The fourth-order valence-corrected chi connectivity index (χ4v) is 1.81. The van der Waals surface area contributed by atoms with Crippen LogP contribution in [0.25, 0.3) is 0 Å². The van der Waals surface area contributed by atoms with Crippen molar-refractivity contribution in [2.75, 3.05) is 5.32 Å². The number of nitrogens with zero attached hydrogens (tertiary/aromatic N) is 3. The number of nitro groups is 1. The Hall–Kier alpha value is -2.70. The van der Waals surface area contributed by atoms with Crippen LogP contribution in [0.3, 0.4) is 0 Å². The predicted octanol–water partition coefficient (Wildman–Crippen LogP) is 2.20. The molecule has 0 saturated heterocycles. The molecule has 104 valence electrons. The molecule has 0 bridgehead atoms. The molecule has 7 heteroatoms. The molecular formula is C13H14N4O3. The Kier molecular flexibility index (Phi) is 3.51. The molecule has 0 saturated carbocycles. The maximum Gasteiger partial charge on any atom is 0.269 e. The lowest BCUT2D eigenvalue weighted by molar-refractivity contribution is -0.384. The van der Waals surface area contributed by atoms with Crippen LogP contribution in [0, 0.1) is 24.0 Å². The van der Waals surface area contributed by atoms with Crippen molar-refractivity contribution >= 4 is 17.3 Å². The number of nitro benzene ring substituents is 1. The van der Waals surface area contributed by atoms with Gasteiger partial charge in [-0.3, -0.25) is 19.6 Å². The van der Waals surface area contributed by atoms with Crippen LogP contribution in [0.4, 0.5) is 11.4 Å². The molecule has 2 rings (SSSR count). The Labute approximate surface area is 115 Å². The minimum atomic E-state index is -0.468. The molecule has 0 unspecified atom stereocenters. The third kappa shape index (κ3) is 2.51. The molecule has 20 heavy (non-hydrogen) atoms. The fraction of sp³-hybridized carbons (Fsp3) is 0.231. The van der Waals surface area contributed by atoms with Gasteiger partial charge in [-0.05, 0) is 25.5 Å². The normalized spacial score (nSPS) is 10.3. The molecule has 1 aromatic carbocycles. The lowest BCUT2D eigenvalue weighted by atomic mass is 10.1. The number of benzene rings is 1. The number of non-ortho nitro benzene ring substituents is 1. The monoisotopic (exact) mass is 274 g/mol. The van der Waals surface area contributed by atoms with Crippen LogP contribution in [0.15, 0.2) is 24.4 Å². The zero-order valence-corrected chi connectivity index (χ0v) is 11.4. The smallest absolute Gasteiger partial charge is 0.269 e. The van der Waals surface area contributed by atoms with Crippen LogP contribution in [0.5, 0.6) is 0 Å². The van der Waals surface area contributed by atoms with Gasteiger partial charge in [0.2, 0.25) is 0 Å². The first-order chi connectivity index (χ1) is 9.40. The van der Waals surface area contributed by atoms with Crippen LogP contribution < -0.4 is 5.32 Å². The first-order valence-corrected chi connectivity index (χ1v) is 5.95. The molecule has 0 radical (unpaired) electrons. The molecule has 0 aliphatic rings. The SMILES string of the molecule is Cc1cc([N+](=O)[O-])ccc1NC(=O)c1cnn(C)c1C. The number of hydrogen-bond acceptors (Lipinski definition) is 4. The summed E-state index contributed by atoms with van der Waals surface area (Å²) in [6, 6.07) is 4.31. The van der Waals surface area contributed by atoms with E-state index in [1.54, 1.807) is 25.6 Å². The Morgan fingerprint density at radius 1 is 1.40 bits per heavy atom. The number of anilines is 1. The zero-order chi connectivity index (χ0) is 14.9. The van der Waals surface area contributed by atoms with Crippen LogP contribution in [-0.4, -0.2) is 20.6 Å². The minimum Gasteiger partial charge on any atom is -0.322 e. The summed E-state index contributed by atoms with van der Waals surface area (Å²) in [5.41, 5.74) is 2.41. The second-order valence-electron chi connectivity index (χ2n) is 4.48. The summed E-state index contributed by atoms with van der Waals surface area (Å²) in [6.45, 7) is 3.50. The molecule has 0 aliphatic carbocycles. The molecule has 0 spiro atoms. The standard InChI is InChI=1S/C13H14N4O3/c1-8-6-10(17(19)20)4-5-12(8)15-13(18)11-7-14-16(3)9(11)2/h4-7H,1-3H3,(H,15,18). The summed E-state index contributed by atoms with van der Waals surface area (Å²) in [7, 11) is 1.75. The summed E-state index contributed by atoms with van der Waals surface area (Å²) in [5.74, 6) is -0.285. The number of aromatic nitrogens is 2. The first-order valence-electron chi connectivity index (χ1n) is 5.95. The van der Waals surface area contributed by atoms with Gasteiger partial charge in [0, 0.05) is 30.6 Å². The van der Waals surface area contributed by atoms with E-state index in [0.717, 1.165) is 5.69 Å². The van der Waals surface area contributed by atoms with Crippen LogP contribution in [0.1, 0.15) is 21.6 Å². The Balaban J connectivity index is 2.24. The molecule has 1 N–H and O–H groups in total. The number of carbonyl (C=O) groups is 1. The van der Waals surface area contributed by atoms with Crippen molar-refractivity contribution in [1.82, 2.24) is 9.78 Å². The Morgan fingerprint density at radius 3 is 2.60 bits per heavy atom. The third-order valence-corrected chi connectivity index (χ3v) is 3.15. The average Bonchev–Trinajstić information content (AvgIpc) is 2.72. The summed E-state index contributed by atoms with van der Waals surface area (Å²) >= 11 is 0. The van der Waals surface area contributed by atoms with Gasteiger partial charge in [0.15, 0.2) is 0 Å². The molecule has 0 fully saturated rings. The Bertz CT molecular complexity index is 691. The molecule has 0 atom stereocenters. The van der Waals surface area contributed by atoms with Gasteiger partial charge in [-0.25, -0.2) is 0 Å². The summed E-state index contributed by atoms with van der Waals surface area (Å²) in [5, 5.41) is 17.4.